The molecule has 0 atom stereocenters. The summed E-state index contributed by atoms with van der Waals surface area (Å²) in [6, 6.07) is 16.5. The second-order valence-electron chi connectivity index (χ2n) is 6.16. The molecule has 0 aliphatic heterocycles. The highest BCUT2D eigenvalue weighted by molar-refractivity contribution is 7.80. The first-order chi connectivity index (χ1) is 11.5. The Morgan fingerprint density at radius 3 is 2.33 bits per heavy atom. The number of rotatable bonds is 7. The van der Waals surface area contributed by atoms with Gasteiger partial charge in [-0.05, 0) is 75.7 Å². The molecule has 0 saturated carbocycles. The van der Waals surface area contributed by atoms with Crippen molar-refractivity contribution in [2.45, 2.75) is 39.7 Å². The fourth-order valence-corrected chi connectivity index (χ4v) is 2.53. The fourth-order valence-electron chi connectivity index (χ4n) is 2.31. The summed E-state index contributed by atoms with van der Waals surface area (Å²) in [5, 5.41) is 7.09. The first kappa shape index (κ1) is 18.3. The van der Waals surface area contributed by atoms with Gasteiger partial charge in [0.05, 0.1) is 6.10 Å². The Morgan fingerprint density at radius 2 is 1.71 bits per heavy atom. The van der Waals surface area contributed by atoms with Gasteiger partial charge in [-0.2, -0.15) is 0 Å². The molecule has 2 aromatic rings. The Balaban J connectivity index is 1.68. The summed E-state index contributed by atoms with van der Waals surface area (Å²) in [5.41, 5.74) is 3.62. The molecule has 24 heavy (non-hydrogen) atoms. The molecule has 128 valence electrons. The number of benzene rings is 2. The predicted molar refractivity (Wildman–Crippen MR) is 106 cm³/mol. The number of aryl methyl sites for hydroxylation is 2. The zero-order valence-electron chi connectivity index (χ0n) is 14.6. The monoisotopic (exact) mass is 342 g/mol. The molecule has 0 heterocycles. The summed E-state index contributed by atoms with van der Waals surface area (Å²) in [6.07, 6.45) is 2.28. The van der Waals surface area contributed by atoms with E-state index in [0.29, 0.717) is 5.11 Å². The van der Waals surface area contributed by atoms with Gasteiger partial charge in [0.15, 0.2) is 5.11 Å². The van der Waals surface area contributed by atoms with Gasteiger partial charge in [0, 0.05) is 12.2 Å². The fraction of sp³-hybridized carbons (Fsp3) is 0.350. The number of thiocarbonyl (C=S) groups is 1. The molecule has 0 saturated heterocycles. The van der Waals surface area contributed by atoms with Gasteiger partial charge < -0.3 is 15.4 Å². The van der Waals surface area contributed by atoms with Gasteiger partial charge in [-0.1, -0.05) is 29.8 Å². The van der Waals surface area contributed by atoms with Gasteiger partial charge in [0.25, 0.3) is 0 Å². The SMILES string of the molecule is Cc1ccc(CCCNC(=S)Nc2ccc(OC(C)C)cc2)cc1. The summed E-state index contributed by atoms with van der Waals surface area (Å²) < 4.78 is 5.63. The van der Waals surface area contributed by atoms with Crippen molar-refractivity contribution in [3.8, 4) is 5.75 Å². The highest BCUT2D eigenvalue weighted by Gasteiger charge is 2.00. The normalized spacial score (nSPS) is 10.5. The topological polar surface area (TPSA) is 33.3 Å². The van der Waals surface area contributed by atoms with Crippen LogP contribution in [-0.2, 0) is 6.42 Å². The molecule has 0 radical (unpaired) electrons. The van der Waals surface area contributed by atoms with E-state index in [4.69, 9.17) is 17.0 Å². The van der Waals surface area contributed by atoms with Gasteiger partial charge in [-0.25, -0.2) is 0 Å². The smallest absolute Gasteiger partial charge is 0.170 e. The van der Waals surface area contributed by atoms with Crippen LogP contribution in [0.4, 0.5) is 5.69 Å². The van der Waals surface area contributed by atoms with Crippen LogP contribution in [0.2, 0.25) is 0 Å². The zero-order chi connectivity index (χ0) is 17.4. The van der Waals surface area contributed by atoms with E-state index in [2.05, 4.69) is 41.8 Å². The van der Waals surface area contributed by atoms with Crippen molar-refractivity contribution in [2.75, 3.05) is 11.9 Å². The lowest BCUT2D eigenvalue weighted by molar-refractivity contribution is 0.242. The van der Waals surface area contributed by atoms with Crippen LogP contribution >= 0.6 is 12.2 Å². The maximum absolute atomic E-state index is 5.63. The molecule has 0 amide bonds. The Morgan fingerprint density at radius 1 is 1.04 bits per heavy atom. The van der Waals surface area contributed by atoms with Gasteiger partial charge in [0.1, 0.15) is 5.75 Å². The van der Waals surface area contributed by atoms with Crippen LogP contribution in [-0.4, -0.2) is 17.8 Å². The number of anilines is 1. The summed E-state index contributed by atoms with van der Waals surface area (Å²) in [7, 11) is 0. The average Bonchev–Trinajstić information content (AvgIpc) is 2.55. The maximum Gasteiger partial charge on any atom is 0.170 e. The van der Waals surface area contributed by atoms with Crippen LogP contribution in [0, 0.1) is 6.92 Å². The largest absolute Gasteiger partial charge is 0.491 e. The van der Waals surface area contributed by atoms with Crippen LogP contribution < -0.4 is 15.4 Å². The second-order valence-corrected chi connectivity index (χ2v) is 6.57. The third-order valence-electron chi connectivity index (χ3n) is 3.53. The molecule has 0 bridgehead atoms. The van der Waals surface area contributed by atoms with Crippen LogP contribution in [0.15, 0.2) is 48.5 Å². The highest BCUT2D eigenvalue weighted by Crippen LogP contribution is 2.16. The Labute approximate surface area is 150 Å². The van der Waals surface area contributed by atoms with E-state index in [1.54, 1.807) is 0 Å². The van der Waals surface area contributed by atoms with Gasteiger partial charge in [0.2, 0.25) is 0 Å². The van der Waals surface area contributed by atoms with E-state index >= 15 is 0 Å². The van der Waals surface area contributed by atoms with Gasteiger partial charge in [-0.3, -0.25) is 0 Å². The van der Waals surface area contributed by atoms with Crippen molar-refractivity contribution in [3.63, 3.8) is 0 Å². The Kier molecular flexibility index (Phi) is 7.07. The van der Waals surface area contributed by atoms with E-state index in [1.807, 2.05) is 38.1 Å². The lowest BCUT2D eigenvalue weighted by Gasteiger charge is -2.12. The lowest BCUT2D eigenvalue weighted by Crippen LogP contribution is -2.29. The summed E-state index contributed by atoms with van der Waals surface area (Å²) in [6.45, 7) is 6.99. The number of ether oxygens (including phenoxy) is 1. The zero-order valence-corrected chi connectivity index (χ0v) is 15.5. The van der Waals surface area contributed by atoms with Gasteiger partial charge >= 0.3 is 0 Å². The number of hydrogen-bond acceptors (Lipinski definition) is 2. The molecule has 2 N–H and O–H groups in total. The van der Waals surface area contributed by atoms with E-state index in [9.17, 15) is 0 Å². The van der Waals surface area contributed by atoms with E-state index < -0.39 is 0 Å². The van der Waals surface area contributed by atoms with E-state index in [0.717, 1.165) is 30.8 Å². The van der Waals surface area contributed by atoms with Crippen molar-refractivity contribution in [2.24, 2.45) is 0 Å². The molecule has 2 aromatic carbocycles. The summed E-state index contributed by atoms with van der Waals surface area (Å²) >= 11 is 5.33. The van der Waals surface area contributed by atoms with Crippen molar-refractivity contribution in [1.29, 1.82) is 0 Å². The minimum absolute atomic E-state index is 0.181. The predicted octanol–water partition coefficient (Wildman–Crippen LogP) is 4.70. The molecule has 4 heteroatoms. The third-order valence-corrected chi connectivity index (χ3v) is 3.78. The molecular weight excluding hydrogens is 316 g/mol. The molecule has 3 nitrogen and oxygen atoms in total. The lowest BCUT2D eigenvalue weighted by atomic mass is 10.1. The van der Waals surface area contributed by atoms with E-state index in [1.165, 1.54) is 11.1 Å². The summed E-state index contributed by atoms with van der Waals surface area (Å²) in [4.78, 5) is 0. The Bertz CT molecular complexity index is 636. The highest BCUT2D eigenvalue weighted by atomic mass is 32.1. The Hall–Kier alpha value is -2.07. The number of nitrogens with one attached hydrogen (secondary N) is 2. The van der Waals surface area contributed by atoms with Crippen LogP contribution in [0.25, 0.3) is 0 Å². The van der Waals surface area contributed by atoms with Crippen LogP contribution in [0.1, 0.15) is 31.4 Å². The minimum Gasteiger partial charge on any atom is -0.491 e. The second kappa shape index (κ2) is 9.28. The average molecular weight is 343 g/mol. The molecule has 0 fully saturated rings. The van der Waals surface area contributed by atoms with Crippen LogP contribution in [0.3, 0.4) is 0 Å². The standard InChI is InChI=1S/C20H26N2OS/c1-15(2)23-19-12-10-18(11-13-19)22-20(24)21-14-4-5-17-8-6-16(3)7-9-17/h6-13,15H,4-5,14H2,1-3H3,(H2,21,22,24). The molecule has 0 aromatic heterocycles. The van der Waals surface area contributed by atoms with Crippen LogP contribution in [0.5, 0.6) is 5.75 Å². The minimum atomic E-state index is 0.181. The summed E-state index contributed by atoms with van der Waals surface area (Å²) in [5.74, 6) is 0.868. The first-order valence-electron chi connectivity index (χ1n) is 8.40. The molecule has 0 aliphatic rings. The molecule has 0 spiro atoms. The molecule has 2 rings (SSSR count). The maximum atomic E-state index is 5.63. The van der Waals surface area contributed by atoms with Crippen molar-refractivity contribution in [3.05, 3.63) is 59.7 Å². The quantitative estimate of drug-likeness (QED) is 0.564. The van der Waals surface area contributed by atoms with Crippen molar-refractivity contribution in [1.82, 2.24) is 5.32 Å². The van der Waals surface area contributed by atoms with Crippen molar-refractivity contribution < 1.29 is 4.74 Å². The number of hydrogen-bond donors (Lipinski definition) is 2. The van der Waals surface area contributed by atoms with Gasteiger partial charge in [-0.15, -0.1) is 0 Å². The molecule has 0 aliphatic carbocycles. The van der Waals surface area contributed by atoms with E-state index in [-0.39, 0.29) is 6.10 Å². The third kappa shape index (κ3) is 6.59. The first-order valence-corrected chi connectivity index (χ1v) is 8.81. The molecule has 0 unspecified atom stereocenters. The van der Waals surface area contributed by atoms with Crippen molar-refractivity contribution >= 4 is 23.0 Å². The molecular formula is C20H26N2OS.